The molecular formula is C26H33N3O3. The van der Waals surface area contributed by atoms with Crippen molar-refractivity contribution in [3.8, 4) is 0 Å². The number of hydrogen-bond acceptors (Lipinski definition) is 5. The molecule has 0 aromatic heterocycles. The summed E-state index contributed by atoms with van der Waals surface area (Å²) in [5, 5.41) is 12.4. The van der Waals surface area contributed by atoms with Crippen LogP contribution in [-0.2, 0) is 22.6 Å². The summed E-state index contributed by atoms with van der Waals surface area (Å²) in [4.78, 5) is 17.3. The molecule has 170 valence electrons. The normalized spacial score (nSPS) is 17.0. The van der Waals surface area contributed by atoms with E-state index in [-0.39, 0.29) is 12.5 Å². The fourth-order valence-electron chi connectivity index (χ4n) is 4.51. The Hall–Kier alpha value is -2.67. The molecule has 6 heteroatoms. The number of aliphatic hydroxyl groups excluding tert-OH is 1. The maximum absolute atomic E-state index is 12.6. The lowest BCUT2D eigenvalue weighted by atomic mass is 9.98. The number of anilines is 1. The first kappa shape index (κ1) is 22.5. The summed E-state index contributed by atoms with van der Waals surface area (Å²) in [5.74, 6) is 0.570. The molecule has 6 nitrogen and oxygen atoms in total. The van der Waals surface area contributed by atoms with Crippen LogP contribution in [-0.4, -0.2) is 66.7 Å². The van der Waals surface area contributed by atoms with Gasteiger partial charge in [-0.1, -0.05) is 50.2 Å². The van der Waals surface area contributed by atoms with Gasteiger partial charge in [0.05, 0.1) is 12.2 Å². The Labute approximate surface area is 190 Å². The van der Waals surface area contributed by atoms with Crippen LogP contribution in [0, 0.1) is 0 Å². The predicted octanol–water partition coefficient (Wildman–Crippen LogP) is 3.22. The molecule has 0 bridgehead atoms. The number of amides is 1. The zero-order valence-corrected chi connectivity index (χ0v) is 19.1. The van der Waals surface area contributed by atoms with Crippen molar-refractivity contribution >= 4 is 22.9 Å². The summed E-state index contributed by atoms with van der Waals surface area (Å²) >= 11 is 0. The van der Waals surface area contributed by atoms with Crippen LogP contribution >= 0.6 is 0 Å². The molecule has 2 aliphatic rings. The van der Waals surface area contributed by atoms with Crippen molar-refractivity contribution in [3.63, 3.8) is 0 Å². The molecule has 2 aromatic carbocycles. The number of fused-ring (bicyclic) bond motifs is 2. The molecule has 0 unspecified atom stereocenters. The first-order chi connectivity index (χ1) is 15.6. The molecule has 2 aromatic rings. The van der Waals surface area contributed by atoms with Crippen molar-refractivity contribution in [1.82, 2.24) is 9.80 Å². The third kappa shape index (κ3) is 4.72. The quantitative estimate of drug-likeness (QED) is 0.561. The van der Waals surface area contributed by atoms with Crippen molar-refractivity contribution in [2.75, 3.05) is 51.2 Å². The highest BCUT2D eigenvalue weighted by Gasteiger charge is 2.32. The first-order valence-electron chi connectivity index (χ1n) is 11.6. The maximum Gasteiger partial charge on any atom is 0.260 e. The van der Waals surface area contributed by atoms with E-state index in [9.17, 15) is 9.90 Å². The molecule has 0 radical (unpaired) electrons. The number of likely N-dealkylation sites (N-methyl/N-ethyl adjacent to an activating group) is 1. The molecule has 1 amide bonds. The number of ether oxygens (including phenoxy) is 1. The minimum absolute atomic E-state index is 0.106. The minimum atomic E-state index is -0.106. The summed E-state index contributed by atoms with van der Waals surface area (Å²) < 4.78 is 6.01. The van der Waals surface area contributed by atoms with Gasteiger partial charge in [-0.15, -0.1) is 0 Å². The largest absolute Gasteiger partial charge is 0.487 e. The number of carbonyl (C=O) groups excluding carboxylic acids is 1. The van der Waals surface area contributed by atoms with Crippen LogP contribution in [0.15, 0.2) is 42.5 Å². The molecule has 0 atom stereocenters. The van der Waals surface area contributed by atoms with Crippen LogP contribution < -0.4 is 5.32 Å². The van der Waals surface area contributed by atoms with Gasteiger partial charge >= 0.3 is 0 Å². The van der Waals surface area contributed by atoms with E-state index in [4.69, 9.17) is 4.74 Å². The van der Waals surface area contributed by atoms with Crippen LogP contribution in [0.2, 0.25) is 0 Å². The number of carbonyl (C=O) groups is 1. The second-order valence-electron chi connectivity index (χ2n) is 8.33. The first-order valence-corrected chi connectivity index (χ1v) is 11.6. The number of nitrogens with one attached hydrogen (secondary N) is 1. The molecule has 0 aliphatic carbocycles. The van der Waals surface area contributed by atoms with Gasteiger partial charge in [0, 0.05) is 48.6 Å². The SMILES string of the molecule is CCN(CC)CCN(CCO)CCc1ccc2c(c1)COC2=C1C(=O)Nc2ccccc21. The monoisotopic (exact) mass is 435 g/mol. The second kappa shape index (κ2) is 10.3. The number of benzene rings is 2. The molecule has 0 spiro atoms. The van der Waals surface area contributed by atoms with E-state index < -0.39 is 0 Å². The Morgan fingerprint density at radius 2 is 1.75 bits per heavy atom. The topological polar surface area (TPSA) is 65.0 Å². The van der Waals surface area contributed by atoms with Crippen LogP contribution in [0.3, 0.4) is 0 Å². The molecule has 0 fully saturated rings. The van der Waals surface area contributed by atoms with Gasteiger partial charge < -0.3 is 20.1 Å². The second-order valence-corrected chi connectivity index (χ2v) is 8.33. The van der Waals surface area contributed by atoms with Crippen LogP contribution in [0.4, 0.5) is 5.69 Å². The van der Waals surface area contributed by atoms with E-state index in [0.29, 0.717) is 24.5 Å². The Kier molecular flexibility index (Phi) is 7.25. The molecular weight excluding hydrogens is 402 g/mol. The fourth-order valence-corrected chi connectivity index (χ4v) is 4.51. The van der Waals surface area contributed by atoms with Gasteiger partial charge in [0.2, 0.25) is 0 Å². The van der Waals surface area contributed by atoms with Gasteiger partial charge in [-0.2, -0.15) is 0 Å². The van der Waals surface area contributed by atoms with Crippen LogP contribution in [0.5, 0.6) is 0 Å². The predicted molar refractivity (Wildman–Crippen MR) is 128 cm³/mol. The highest BCUT2D eigenvalue weighted by Crippen LogP contribution is 2.41. The fraction of sp³-hybridized carbons (Fsp3) is 0.423. The maximum atomic E-state index is 12.6. The van der Waals surface area contributed by atoms with Crippen molar-refractivity contribution < 1.29 is 14.6 Å². The molecule has 2 heterocycles. The van der Waals surface area contributed by atoms with Crippen LogP contribution in [0.1, 0.15) is 36.1 Å². The van der Waals surface area contributed by atoms with Crippen LogP contribution in [0.25, 0.3) is 11.3 Å². The lowest BCUT2D eigenvalue weighted by molar-refractivity contribution is -0.110. The van der Waals surface area contributed by atoms with Crippen molar-refractivity contribution in [2.24, 2.45) is 0 Å². The summed E-state index contributed by atoms with van der Waals surface area (Å²) in [6.45, 7) is 10.7. The number of rotatable bonds is 10. The van der Waals surface area contributed by atoms with Gasteiger partial charge in [-0.05, 0) is 31.1 Å². The van der Waals surface area contributed by atoms with E-state index in [1.807, 2.05) is 24.3 Å². The minimum Gasteiger partial charge on any atom is -0.487 e. The Morgan fingerprint density at radius 1 is 0.969 bits per heavy atom. The number of hydrogen-bond donors (Lipinski definition) is 2. The van der Waals surface area contributed by atoms with E-state index >= 15 is 0 Å². The third-order valence-corrected chi connectivity index (χ3v) is 6.44. The molecule has 0 saturated carbocycles. The molecule has 0 saturated heterocycles. The number of aliphatic hydroxyl groups is 1. The summed E-state index contributed by atoms with van der Waals surface area (Å²) in [7, 11) is 0. The lowest BCUT2D eigenvalue weighted by Crippen LogP contribution is -2.37. The smallest absolute Gasteiger partial charge is 0.260 e. The van der Waals surface area contributed by atoms with Crippen molar-refractivity contribution in [2.45, 2.75) is 26.9 Å². The highest BCUT2D eigenvalue weighted by molar-refractivity contribution is 6.36. The van der Waals surface area contributed by atoms with Crippen molar-refractivity contribution in [1.29, 1.82) is 0 Å². The average Bonchev–Trinajstić information content (AvgIpc) is 3.37. The van der Waals surface area contributed by atoms with Gasteiger partial charge in [0.25, 0.3) is 5.91 Å². The zero-order chi connectivity index (χ0) is 22.5. The van der Waals surface area contributed by atoms with E-state index in [0.717, 1.165) is 61.5 Å². The Balaban J connectivity index is 1.47. The summed E-state index contributed by atoms with van der Waals surface area (Å²) in [5.41, 5.74) is 5.74. The van der Waals surface area contributed by atoms with E-state index in [1.165, 1.54) is 5.56 Å². The summed E-state index contributed by atoms with van der Waals surface area (Å²) in [6, 6.07) is 14.1. The average molecular weight is 436 g/mol. The van der Waals surface area contributed by atoms with Gasteiger partial charge in [0.15, 0.2) is 0 Å². The highest BCUT2D eigenvalue weighted by atomic mass is 16.5. The van der Waals surface area contributed by atoms with Crippen molar-refractivity contribution in [3.05, 3.63) is 64.7 Å². The Bertz CT molecular complexity index is 998. The van der Waals surface area contributed by atoms with E-state index in [2.05, 4.69) is 47.2 Å². The molecule has 32 heavy (non-hydrogen) atoms. The third-order valence-electron chi connectivity index (χ3n) is 6.44. The Morgan fingerprint density at radius 3 is 2.53 bits per heavy atom. The number of para-hydroxylation sites is 1. The van der Waals surface area contributed by atoms with E-state index in [1.54, 1.807) is 0 Å². The molecule has 4 rings (SSSR count). The summed E-state index contributed by atoms with van der Waals surface area (Å²) in [6.07, 6.45) is 0.917. The van der Waals surface area contributed by atoms with Gasteiger partial charge in [0.1, 0.15) is 12.4 Å². The zero-order valence-electron chi connectivity index (χ0n) is 19.1. The standard InChI is InChI=1S/C26H33N3O3/c1-3-28(4-2)13-14-29(15-16-30)12-11-19-9-10-21-20(17-19)18-32-25(21)24-22-7-5-6-8-23(22)27-26(24)31/h5-10,17,30H,3-4,11-16,18H2,1-2H3,(H,27,31). The molecule has 2 aliphatic heterocycles. The van der Waals surface area contributed by atoms with Gasteiger partial charge in [-0.3, -0.25) is 9.69 Å². The molecule has 2 N–H and O–H groups in total. The lowest BCUT2D eigenvalue weighted by Gasteiger charge is -2.25. The van der Waals surface area contributed by atoms with Gasteiger partial charge in [-0.25, -0.2) is 0 Å². The number of nitrogens with zero attached hydrogens (tertiary/aromatic N) is 2.